The van der Waals surface area contributed by atoms with Crippen molar-refractivity contribution in [1.29, 1.82) is 0 Å². The summed E-state index contributed by atoms with van der Waals surface area (Å²) in [5, 5.41) is 0. The van der Waals surface area contributed by atoms with Gasteiger partial charge < -0.3 is 9.47 Å². The Labute approximate surface area is 120 Å². The third-order valence-electron chi connectivity index (χ3n) is 3.70. The third-order valence-corrected chi connectivity index (χ3v) is 3.70. The van der Waals surface area contributed by atoms with Gasteiger partial charge in [0, 0.05) is 18.8 Å². The molecule has 0 spiro atoms. The van der Waals surface area contributed by atoms with Crippen molar-refractivity contribution in [1.82, 2.24) is 10.4 Å². The molecule has 5 nitrogen and oxygen atoms in total. The summed E-state index contributed by atoms with van der Waals surface area (Å²) in [6.45, 7) is 3.50. The summed E-state index contributed by atoms with van der Waals surface area (Å²) in [6, 6.07) is 2.09. The second-order valence-corrected chi connectivity index (χ2v) is 5.17. The van der Waals surface area contributed by atoms with Crippen molar-refractivity contribution in [3.8, 4) is 5.75 Å². The topological polar surface area (TPSA) is 69.4 Å². The van der Waals surface area contributed by atoms with Gasteiger partial charge in [-0.15, -0.1) is 0 Å². The zero-order chi connectivity index (χ0) is 14.2. The molecule has 1 fully saturated rings. The molecule has 20 heavy (non-hydrogen) atoms. The number of hydrogen-bond acceptors (Lipinski definition) is 5. The molecule has 5 heteroatoms. The molecule has 2 rings (SSSR count). The van der Waals surface area contributed by atoms with E-state index < -0.39 is 0 Å². The van der Waals surface area contributed by atoms with Gasteiger partial charge in [0.25, 0.3) is 0 Å². The largest absolute Gasteiger partial charge is 0.492 e. The van der Waals surface area contributed by atoms with E-state index in [4.69, 9.17) is 15.3 Å². The van der Waals surface area contributed by atoms with Crippen LogP contribution in [0.3, 0.4) is 0 Å². The second kappa shape index (κ2) is 8.19. The zero-order valence-electron chi connectivity index (χ0n) is 12.2. The van der Waals surface area contributed by atoms with Crippen molar-refractivity contribution >= 4 is 0 Å². The Hall–Kier alpha value is -1.17. The van der Waals surface area contributed by atoms with Crippen LogP contribution < -0.4 is 16.0 Å². The van der Waals surface area contributed by atoms with Crippen molar-refractivity contribution in [2.24, 2.45) is 5.84 Å². The van der Waals surface area contributed by atoms with Crippen LogP contribution in [-0.4, -0.2) is 24.3 Å². The van der Waals surface area contributed by atoms with Crippen LogP contribution in [0, 0.1) is 0 Å². The van der Waals surface area contributed by atoms with Gasteiger partial charge in [-0.1, -0.05) is 0 Å². The first-order chi connectivity index (χ1) is 9.83. The van der Waals surface area contributed by atoms with Gasteiger partial charge in [-0.3, -0.25) is 16.3 Å². The Morgan fingerprint density at radius 3 is 3.10 bits per heavy atom. The van der Waals surface area contributed by atoms with Gasteiger partial charge in [0.05, 0.1) is 18.9 Å². The molecular formula is C15H25N3O2. The molecule has 2 atom stereocenters. The van der Waals surface area contributed by atoms with Crippen LogP contribution in [0.25, 0.3) is 0 Å². The minimum Gasteiger partial charge on any atom is -0.492 e. The molecule has 0 radical (unpaired) electrons. The fraction of sp³-hybridized carbons (Fsp3) is 0.667. The monoisotopic (exact) mass is 279 g/mol. The van der Waals surface area contributed by atoms with Crippen LogP contribution >= 0.6 is 0 Å². The summed E-state index contributed by atoms with van der Waals surface area (Å²) in [6.07, 6.45) is 9.53. The van der Waals surface area contributed by atoms with Crippen LogP contribution in [-0.2, 0) is 4.74 Å². The van der Waals surface area contributed by atoms with Gasteiger partial charge >= 0.3 is 0 Å². The Morgan fingerprint density at radius 1 is 1.50 bits per heavy atom. The average Bonchev–Trinajstić information content (AvgIpc) is 2.50. The van der Waals surface area contributed by atoms with Crippen molar-refractivity contribution < 1.29 is 9.47 Å². The fourth-order valence-electron chi connectivity index (χ4n) is 2.61. The number of hydrazine groups is 1. The molecular weight excluding hydrogens is 254 g/mol. The molecule has 1 aliphatic heterocycles. The quantitative estimate of drug-likeness (QED) is 0.592. The van der Waals surface area contributed by atoms with Crippen LogP contribution in [0.5, 0.6) is 5.75 Å². The van der Waals surface area contributed by atoms with E-state index in [2.05, 4.69) is 10.4 Å². The first-order valence-corrected chi connectivity index (χ1v) is 7.49. The van der Waals surface area contributed by atoms with E-state index in [9.17, 15) is 0 Å². The fourth-order valence-corrected chi connectivity index (χ4v) is 2.61. The SMILES string of the molecule is CCOc1cncc(C(CCC2CCCCO2)NN)c1. The second-order valence-electron chi connectivity index (χ2n) is 5.17. The molecule has 0 saturated carbocycles. The minimum atomic E-state index is 0.0911. The van der Waals surface area contributed by atoms with Gasteiger partial charge in [0.2, 0.25) is 0 Å². The molecule has 1 saturated heterocycles. The van der Waals surface area contributed by atoms with E-state index in [0.717, 1.165) is 37.2 Å². The molecule has 0 aliphatic carbocycles. The van der Waals surface area contributed by atoms with E-state index in [1.54, 1.807) is 6.20 Å². The normalized spacial score (nSPS) is 20.6. The maximum absolute atomic E-state index is 5.76. The van der Waals surface area contributed by atoms with Crippen LogP contribution in [0.4, 0.5) is 0 Å². The lowest BCUT2D eigenvalue weighted by Gasteiger charge is -2.24. The molecule has 0 aromatic carbocycles. The van der Waals surface area contributed by atoms with Crippen molar-refractivity contribution in [3.63, 3.8) is 0 Å². The number of nitrogens with two attached hydrogens (primary N) is 1. The number of rotatable bonds is 7. The standard InChI is InChI=1S/C15H25N3O2/c1-2-19-14-9-12(10-17-11-14)15(18-16)7-6-13-5-3-4-8-20-13/h9-11,13,15,18H,2-8,16H2,1H3. The van der Waals surface area contributed by atoms with E-state index >= 15 is 0 Å². The van der Waals surface area contributed by atoms with Crippen molar-refractivity contribution in [2.75, 3.05) is 13.2 Å². The number of nitrogens with one attached hydrogen (secondary N) is 1. The number of pyridine rings is 1. The van der Waals surface area contributed by atoms with E-state index in [0.29, 0.717) is 12.7 Å². The minimum absolute atomic E-state index is 0.0911. The van der Waals surface area contributed by atoms with Crippen LogP contribution in [0.1, 0.15) is 50.6 Å². The highest BCUT2D eigenvalue weighted by atomic mass is 16.5. The van der Waals surface area contributed by atoms with Gasteiger partial charge in [-0.25, -0.2) is 0 Å². The highest BCUT2D eigenvalue weighted by Gasteiger charge is 2.17. The molecule has 3 N–H and O–H groups in total. The van der Waals surface area contributed by atoms with Gasteiger partial charge in [0.1, 0.15) is 5.75 Å². The average molecular weight is 279 g/mol. The first kappa shape index (κ1) is 15.2. The van der Waals surface area contributed by atoms with Crippen LogP contribution in [0.2, 0.25) is 0 Å². The van der Waals surface area contributed by atoms with E-state index in [-0.39, 0.29) is 6.04 Å². The van der Waals surface area contributed by atoms with Gasteiger partial charge in [-0.05, 0) is 50.7 Å². The van der Waals surface area contributed by atoms with E-state index in [1.165, 1.54) is 12.8 Å². The Balaban J connectivity index is 1.91. The summed E-state index contributed by atoms with van der Waals surface area (Å²) in [7, 11) is 0. The summed E-state index contributed by atoms with van der Waals surface area (Å²) < 4.78 is 11.2. The lowest BCUT2D eigenvalue weighted by Crippen LogP contribution is -2.29. The van der Waals surface area contributed by atoms with E-state index in [1.807, 2.05) is 19.2 Å². The Morgan fingerprint density at radius 2 is 2.40 bits per heavy atom. The van der Waals surface area contributed by atoms with Crippen LogP contribution in [0.15, 0.2) is 18.5 Å². The third kappa shape index (κ3) is 4.44. The highest BCUT2D eigenvalue weighted by Crippen LogP contribution is 2.24. The zero-order valence-corrected chi connectivity index (χ0v) is 12.2. The first-order valence-electron chi connectivity index (χ1n) is 7.49. The molecule has 1 aliphatic rings. The van der Waals surface area contributed by atoms with Crippen molar-refractivity contribution in [2.45, 2.75) is 51.2 Å². The number of nitrogens with zero attached hydrogens (tertiary/aromatic N) is 1. The predicted octanol–water partition coefficient (Wildman–Crippen LogP) is 2.33. The summed E-state index contributed by atoms with van der Waals surface area (Å²) in [4.78, 5) is 4.22. The van der Waals surface area contributed by atoms with Gasteiger partial charge in [0.15, 0.2) is 0 Å². The summed E-state index contributed by atoms with van der Waals surface area (Å²) in [5.41, 5.74) is 3.94. The molecule has 112 valence electrons. The smallest absolute Gasteiger partial charge is 0.137 e. The molecule has 0 bridgehead atoms. The number of ether oxygens (including phenoxy) is 2. The summed E-state index contributed by atoms with van der Waals surface area (Å²) >= 11 is 0. The number of aromatic nitrogens is 1. The molecule has 0 amide bonds. The molecule has 2 unspecified atom stereocenters. The molecule has 1 aromatic heterocycles. The lowest BCUT2D eigenvalue weighted by molar-refractivity contribution is 0.00854. The maximum Gasteiger partial charge on any atom is 0.137 e. The van der Waals surface area contributed by atoms with Gasteiger partial charge in [-0.2, -0.15) is 0 Å². The molecule has 1 aromatic rings. The lowest BCUT2D eigenvalue weighted by atomic mass is 9.98. The maximum atomic E-state index is 5.76. The molecule has 2 heterocycles. The number of hydrogen-bond donors (Lipinski definition) is 2. The Bertz CT molecular complexity index is 394. The van der Waals surface area contributed by atoms with Crippen molar-refractivity contribution in [3.05, 3.63) is 24.0 Å². The summed E-state index contributed by atoms with van der Waals surface area (Å²) in [5.74, 6) is 6.48. The predicted molar refractivity (Wildman–Crippen MR) is 78.3 cm³/mol. The highest BCUT2D eigenvalue weighted by molar-refractivity contribution is 5.25. The Kier molecular flexibility index (Phi) is 6.24.